The maximum absolute atomic E-state index is 12.7. The molecule has 0 saturated heterocycles. The largest absolute Gasteiger partial charge is 0.508 e. The second kappa shape index (κ2) is 18.3. The molecule has 0 aromatic heterocycles. The predicted octanol–water partition coefficient (Wildman–Crippen LogP) is 5.76. The maximum atomic E-state index is 12.7. The lowest BCUT2D eigenvalue weighted by atomic mass is 10.0. The molecule has 0 aliphatic heterocycles. The van der Waals surface area contributed by atoms with Crippen LogP contribution < -0.4 is 15.2 Å². The molecule has 232 valence electrons. The van der Waals surface area contributed by atoms with Gasteiger partial charge in [0.25, 0.3) is 0 Å². The van der Waals surface area contributed by atoms with Crippen LogP contribution in [0.5, 0.6) is 11.5 Å². The van der Waals surface area contributed by atoms with Gasteiger partial charge in [-0.05, 0) is 55.7 Å². The monoisotopic (exact) mass is 579 g/mol. The average molecular weight is 580 g/mol. The van der Waals surface area contributed by atoms with Crippen molar-refractivity contribution in [2.45, 2.75) is 112 Å². The third kappa shape index (κ3) is 13.9. The zero-order valence-corrected chi connectivity index (χ0v) is 25.9. The van der Waals surface area contributed by atoms with E-state index in [4.69, 9.17) is 29.4 Å². The van der Waals surface area contributed by atoms with E-state index in [2.05, 4.69) is 0 Å². The van der Waals surface area contributed by atoms with Crippen molar-refractivity contribution in [1.82, 2.24) is 0 Å². The second-order valence-electron chi connectivity index (χ2n) is 11.0. The molecule has 0 aliphatic carbocycles. The van der Waals surface area contributed by atoms with Gasteiger partial charge in [0.15, 0.2) is 11.5 Å². The van der Waals surface area contributed by atoms with Gasteiger partial charge >= 0.3 is 24.1 Å². The Morgan fingerprint density at radius 3 is 1.78 bits per heavy atom. The number of carbonyl (C=O) groups excluding carboxylic acids is 4. The molecule has 0 bridgehead atoms. The highest BCUT2D eigenvalue weighted by Gasteiger charge is 2.26. The summed E-state index contributed by atoms with van der Waals surface area (Å²) in [5, 5.41) is 0. The second-order valence-corrected chi connectivity index (χ2v) is 11.0. The molecule has 1 aromatic rings. The topological polar surface area (TPSA) is 140 Å². The van der Waals surface area contributed by atoms with Gasteiger partial charge in [0, 0.05) is 12.8 Å². The lowest BCUT2D eigenvalue weighted by molar-refractivity contribution is -0.155. The molecule has 0 radical (unpaired) electrons. The minimum atomic E-state index is -1.05. The molecule has 0 aliphatic rings. The van der Waals surface area contributed by atoms with Gasteiger partial charge in [-0.15, -0.1) is 0 Å². The van der Waals surface area contributed by atoms with E-state index in [0.29, 0.717) is 5.56 Å². The van der Waals surface area contributed by atoms with E-state index >= 15 is 0 Å². The Bertz CT molecular complexity index is 996. The number of nitrogens with two attached hydrogens (primary N) is 1. The molecule has 1 rings (SSSR count). The maximum Gasteiger partial charge on any atom is 0.508 e. The molecule has 0 fully saturated rings. The van der Waals surface area contributed by atoms with Gasteiger partial charge in [0.1, 0.15) is 18.2 Å². The van der Waals surface area contributed by atoms with Crippen LogP contribution in [0, 0.1) is 17.8 Å². The standard InChI is InChI=1S/C31H49NO9/c1-9-19(4)14-28(33)40-26-13-12-24(17-27(26)41-29(34)15-20(5)10-2)16-25(32)30(35)38-22(7)23(8)39-31(36)37-18-21(6)11-3/h12-13,17,19-23,25H,9-11,14-16,18,32H2,1-8H3/t19?,20?,21?,22-,23-,25-/m0/s1. The number of esters is 3. The number of hydrogen-bond acceptors (Lipinski definition) is 10. The van der Waals surface area contributed by atoms with Gasteiger partial charge in [-0.25, -0.2) is 4.79 Å². The summed E-state index contributed by atoms with van der Waals surface area (Å²) in [5.41, 5.74) is 6.70. The fourth-order valence-electron chi connectivity index (χ4n) is 3.34. The summed E-state index contributed by atoms with van der Waals surface area (Å²) >= 11 is 0. The molecule has 0 spiro atoms. The van der Waals surface area contributed by atoms with E-state index in [1.54, 1.807) is 19.9 Å². The normalized spacial score (nSPS) is 15.4. The highest BCUT2D eigenvalue weighted by Crippen LogP contribution is 2.31. The molecule has 0 saturated carbocycles. The van der Waals surface area contributed by atoms with E-state index in [9.17, 15) is 19.2 Å². The first kappa shape index (κ1) is 35.9. The van der Waals surface area contributed by atoms with Crippen molar-refractivity contribution in [3.8, 4) is 11.5 Å². The molecule has 41 heavy (non-hydrogen) atoms. The number of ether oxygens (including phenoxy) is 5. The third-order valence-electron chi connectivity index (χ3n) is 7.07. The summed E-state index contributed by atoms with van der Waals surface area (Å²) in [5.74, 6) is -0.893. The average Bonchev–Trinajstić information content (AvgIpc) is 2.92. The van der Waals surface area contributed by atoms with Crippen molar-refractivity contribution >= 4 is 24.1 Å². The van der Waals surface area contributed by atoms with Crippen molar-refractivity contribution in [3.05, 3.63) is 23.8 Å². The summed E-state index contributed by atoms with van der Waals surface area (Å²) in [6.07, 6.45) is 0.643. The Hall–Kier alpha value is -3.14. The molecule has 0 amide bonds. The Labute approximate surface area is 244 Å². The summed E-state index contributed by atoms with van der Waals surface area (Å²) in [4.78, 5) is 49.5. The highest BCUT2D eigenvalue weighted by atomic mass is 16.7. The third-order valence-corrected chi connectivity index (χ3v) is 7.07. The fraction of sp³-hybridized carbons (Fsp3) is 0.677. The van der Waals surface area contributed by atoms with Crippen LogP contribution in [0.25, 0.3) is 0 Å². The Kier molecular flexibility index (Phi) is 16.0. The quantitative estimate of drug-likeness (QED) is 0.179. The minimum Gasteiger partial charge on any atom is -0.458 e. The molecule has 10 nitrogen and oxygen atoms in total. The van der Waals surface area contributed by atoms with Crippen LogP contribution >= 0.6 is 0 Å². The van der Waals surface area contributed by atoms with Crippen molar-refractivity contribution < 1.29 is 42.9 Å². The summed E-state index contributed by atoms with van der Waals surface area (Å²) in [7, 11) is 0. The predicted molar refractivity (Wildman–Crippen MR) is 154 cm³/mol. The van der Waals surface area contributed by atoms with Gasteiger partial charge in [0.2, 0.25) is 0 Å². The molecule has 3 unspecified atom stereocenters. The van der Waals surface area contributed by atoms with E-state index in [1.165, 1.54) is 12.1 Å². The van der Waals surface area contributed by atoms with Crippen LogP contribution in [0.15, 0.2) is 18.2 Å². The molecule has 2 N–H and O–H groups in total. The van der Waals surface area contributed by atoms with E-state index in [0.717, 1.165) is 19.3 Å². The lowest BCUT2D eigenvalue weighted by Crippen LogP contribution is -2.39. The van der Waals surface area contributed by atoms with Gasteiger partial charge < -0.3 is 29.4 Å². The Balaban J connectivity index is 2.89. The molecular formula is C31H49NO9. The van der Waals surface area contributed by atoms with Crippen molar-refractivity contribution in [2.75, 3.05) is 6.61 Å². The van der Waals surface area contributed by atoms with Gasteiger partial charge in [-0.1, -0.05) is 66.9 Å². The zero-order valence-electron chi connectivity index (χ0n) is 25.9. The fourth-order valence-corrected chi connectivity index (χ4v) is 3.34. The minimum absolute atomic E-state index is 0.0642. The van der Waals surface area contributed by atoms with Crippen molar-refractivity contribution in [2.24, 2.45) is 23.5 Å². The zero-order chi connectivity index (χ0) is 31.1. The van der Waals surface area contributed by atoms with Crippen LogP contribution in [0.1, 0.15) is 93.1 Å². The lowest BCUT2D eigenvalue weighted by Gasteiger charge is -2.22. The summed E-state index contributed by atoms with van der Waals surface area (Å²) in [6.45, 7) is 15.2. The van der Waals surface area contributed by atoms with E-state index in [-0.39, 0.29) is 55.1 Å². The van der Waals surface area contributed by atoms with Gasteiger partial charge in [-0.2, -0.15) is 0 Å². The number of rotatable bonds is 17. The first-order valence-corrected chi connectivity index (χ1v) is 14.6. The van der Waals surface area contributed by atoms with E-state index in [1.807, 2.05) is 41.5 Å². The number of benzene rings is 1. The van der Waals surface area contributed by atoms with Crippen LogP contribution in [-0.2, 0) is 35.0 Å². The number of carbonyl (C=O) groups is 4. The van der Waals surface area contributed by atoms with Crippen LogP contribution in [0.3, 0.4) is 0 Å². The first-order chi connectivity index (χ1) is 19.3. The molecular weight excluding hydrogens is 530 g/mol. The van der Waals surface area contributed by atoms with E-state index < -0.39 is 42.3 Å². The van der Waals surface area contributed by atoms with Crippen LogP contribution in [-0.4, -0.2) is 48.9 Å². The van der Waals surface area contributed by atoms with Gasteiger partial charge in [-0.3, -0.25) is 14.4 Å². The SMILES string of the molecule is CCC(C)COC(=O)O[C@@H](C)[C@H](C)OC(=O)[C@@H](N)Cc1ccc(OC(=O)CC(C)CC)c(OC(=O)CC(C)CC)c1. The summed E-state index contributed by atoms with van der Waals surface area (Å²) in [6, 6.07) is 3.66. The molecule has 6 atom stereocenters. The molecule has 0 heterocycles. The van der Waals surface area contributed by atoms with Crippen molar-refractivity contribution in [3.63, 3.8) is 0 Å². The Morgan fingerprint density at radius 1 is 0.732 bits per heavy atom. The number of hydrogen-bond donors (Lipinski definition) is 1. The van der Waals surface area contributed by atoms with Crippen LogP contribution in [0.2, 0.25) is 0 Å². The smallest absolute Gasteiger partial charge is 0.458 e. The first-order valence-electron chi connectivity index (χ1n) is 14.6. The molecule has 1 aromatic carbocycles. The van der Waals surface area contributed by atoms with Crippen molar-refractivity contribution in [1.29, 1.82) is 0 Å². The molecule has 10 heteroatoms. The summed E-state index contributed by atoms with van der Waals surface area (Å²) < 4.78 is 26.8. The highest BCUT2D eigenvalue weighted by molar-refractivity contribution is 5.77. The van der Waals surface area contributed by atoms with Crippen LogP contribution in [0.4, 0.5) is 4.79 Å². The Morgan fingerprint density at radius 2 is 1.24 bits per heavy atom. The van der Waals surface area contributed by atoms with Gasteiger partial charge in [0.05, 0.1) is 6.61 Å².